The van der Waals surface area contributed by atoms with Crippen LogP contribution in [0.4, 0.5) is 0 Å². The third-order valence-corrected chi connectivity index (χ3v) is 4.81. The molecule has 5 heteroatoms. The van der Waals surface area contributed by atoms with E-state index in [9.17, 15) is 4.79 Å². The minimum atomic E-state index is -0.776. The van der Waals surface area contributed by atoms with Crippen LogP contribution in [0.3, 0.4) is 0 Å². The van der Waals surface area contributed by atoms with Gasteiger partial charge in [-0.2, -0.15) is 5.10 Å². The third kappa shape index (κ3) is 5.30. The molecule has 0 unspecified atom stereocenters. The van der Waals surface area contributed by atoms with E-state index >= 15 is 0 Å². The number of carboxylic acid groups (broad SMARTS) is 1. The standard InChI is InChI=1S/C23H27N3O2/c1-3-18-9-11-20(12-10-18)23-21(16-25(2)14-13-22(27)28)17-26(24-23)15-19-7-5-4-6-8-19/h4-12,17H,3,13-16H2,1-2H3,(H,27,28). The van der Waals surface area contributed by atoms with E-state index in [-0.39, 0.29) is 6.42 Å². The zero-order valence-electron chi connectivity index (χ0n) is 16.5. The van der Waals surface area contributed by atoms with Gasteiger partial charge in [-0.1, -0.05) is 61.5 Å². The summed E-state index contributed by atoms with van der Waals surface area (Å²) in [5, 5.41) is 13.8. The Bertz CT molecular complexity index is 901. The van der Waals surface area contributed by atoms with E-state index in [1.54, 1.807) is 0 Å². The van der Waals surface area contributed by atoms with Gasteiger partial charge in [0.15, 0.2) is 0 Å². The molecule has 0 saturated carbocycles. The molecule has 3 rings (SSSR count). The molecular weight excluding hydrogens is 350 g/mol. The quantitative estimate of drug-likeness (QED) is 0.611. The summed E-state index contributed by atoms with van der Waals surface area (Å²) in [7, 11) is 1.95. The molecule has 2 aromatic carbocycles. The van der Waals surface area contributed by atoms with Crippen LogP contribution in [0.2, 0.25) is 0 Å². The van der Waals surface area contributed by atoms with Crippen LogP contribution in [0, 0.1) is 0 Å². The van der Waals surface area contributed by atoms with Gasteiger partial charge >= 0.3 is 5.97 Å². The molecule has 5 nitrogen and oxygen atoms in total. The van der Waals surface area contributed by atoms with Gasteiger partial charge in [-0.15, -0.1) is 0 Å². The molecule has 0 amide bonds. The Morgan fingerprint density at radius 1 is 1.07 bits per heavy atom. The van der Waals surface area contributed by atoms with Crippen LogP contribution < -0.4 is 0 Å². The zero-order chi connectivity index (χ0) is 19.9. The smallest absolute Gasteiger partial charge is 0.304 e. The van der Waals surface area contributed by atoms with E-state index < -0.39 is 5.97 Å². The highest BCUT2D eigenvalue weighted by Gasteiger charge is 2.14. The number of benzene rings is 2. The molecule has 1 aromatic heterocycles. The molecule has 0 fully saturated rings. The van der Waals surface area contributed by atoms with Crippen molar-refractivity contribution in [2.75, 3.05) is 13.6 Å². The lowest BCUT2D eigenvalue weighted by molar-refractivity contribution is -0.137. The van der Waals surface area contributed by atoms with Crippen molar-refractivity contribution >= 4 is 5.97 Å². The Kier molecular flexibility index (Phi) is 6.61. The summed E-state index contributed by atoms with van der Waals surface area (Å²) in [6, 6.07) is 18.8. The van der Waals surface area contributed by atoms with Gasteiger partial charge in [0.1, 0.15) is 0 Å². The minimum Gasteiger partial charge on any atom is -0.481 e. The normalized spacial score (nSPS) is 11.1. The first-order valence-corrected chi connectivity index (χ1v) is 9.65. The lowest BCUT2D eigenvalue weighted by Crippen LogP contribution is -2.21. The summed E-state index contributed by atoms with van der Waals surface area (Å²) in [5.41, 5.74) is 5.65. The molecule has 3 aromatic rings. The molecule has 146 valence electrons. The Morgan fingerprint density at radius 2 is 1.79 bits per heavy atom. The minimum absolute atomic E-state index is 0.134. The molecule has 1 N–H and O–H groups in total. The van der Waals surface area contributed by atoms with Crippen molar-refractivity contribution in [2.24, 2.45) is 0 Å². The average molecular weight is 377 g/mol. The molecule has 0 aliphatic carbocycles. The summed E-state index contributed by atoms with van der Waals surface area (Å²) in [6.45, 7) is 4.02. The molecule has 0 radical (unpaired) electrons. The Hall–Kier alpha value is -2.92. The van der Waals surface area contributed by atoms with Crippen LogP contribution in [-0.4, -0.2) is 39.3 Å². The van der Waals surface area contributed by atoms with Crippen LogP contribution in [0.1, 0.15) is 30.0 Å². The number of aliphatic carboxylic acids is 1. The lowest BCUT2D eigenvalue weighted by atomic mass is 10.0. The van der Waals surface area contributed by atoms with Gasteiger partial charge in [-0.05, 0) is 24.6 Å². The first kappa shape index (κ1) is 19.8. The molecule has 0 aliphatic heterocycles. The van der Waals surface area contributed by atoms with Crippen LogP contribution in [0.25, 0.3) is 11.3 Å². The number of rotatable bonds is 9. The van der Waals surface area contributed by atoms with Crippen LogP contribution >= 0.6 is 0 Å². The van der Waals surface area contributed by atoms with Gasteiger partial charge in [0, 0.05) is 30.4 Å². The summed E-state index contributed by atoms with van der Waals surface area (Å²) in [6.07, 6.45) is 3.22. The maximum Gasteiger partial charge on any atom is 0.304 e. The number of aryl methyl sites for hydroxylation is 1. The number of hydrogen-bond acceptors (Lipinski definition) is 3. The fourth-order valence-corrected chi connectivity index (χ4v) is 3.23. The topological polar surface area (TPSA) is 58.4 Å². The second-order valence-electron chi connectivity index (χ2n) is 7.12. The Morgan fingerprint density at radius 3 is 2.43 bits per heavy atom. The number of hydrogen-bond donors (Lipinski definition) is 1. The van der Waals surface area contributed by atoms with Gasteiger partial charge in [0.2, 0.25) is 0 Å². The highest BCUT2D eigenvalue weighted by atomic mass is 16.4. The highest BCUT2D eigenvalue weighted by Crippen LogP contribution is 2.24. The molecule has 0 atom stereocenters. The van der Waals surface area contributed by atoms with Gasteiger partial charge in [-0.3, -0.25) is 9.48 Å². The first-order valence-electron chi connectivity index (χ1n) is 9.65. The molecule has 0 aliphatic rings. The van der Waals surface area contributed by atoms with E-state index in [2.05, 4.69) is 49.5 Å². The van der Waals surface area contributed by atoms with Crippen molar-refractivity contribution in [3.8, 4) is 11.3 Å². The SMILES string of the molecule is CCc1ccc(-c2nn(Cc3ccccc3)cc2CN(C)CCC(=O)O)cc1. The number of carboxylic acids is 1. The summed E-state index contributed by atoms with van der Waals surface area (Å²) in [5.74, 6) is -0.776. The van der Waals surface area contributed by atoms with Gasteiger partial charge in [0.05, 0.1) is 18.7 Å². The second kappa shape index (κ2) is 9.33. The largest absolute Gasteiger partial charge is 0.481 e. The predicted octanol–water partition coefficient (Wildman–Crippen LogP) is 4.07. The maximum atomic E-state index is 10.9. The maximum absolute atomic E-state index is 10.9. The zero-order valence-corrected chi connectivity index (χ0v) is 16.5. The van der Waals surface area contributed by atoms with Crippen molar-refractivity contribution < 1.29 is 9.90 Å². The van der Waals surface area contributed by atoms with E-state index in [0.717, 1.165) is 23.2 Å². The van der Waals surface area contributed by atoms with E-state index in [0.29, 0.717) is 19.6 Å². The second-order valence-corrected chi connectivity index (χ2v) is 7.12. The van der Waals surface area contributed by atoms with Crippen molar-refractivity contribution in [3.05, 3.63) is 77.5 Å². The summed E-state index contributed by atoms with van der Waals surface area (Å²) in [4.78, 5) is 12.9. The van der Waals surface area contributed by atoms with Crippen LogP contribution in [-0.2, 0) is 24.3 Å². The van der Waals surface area contributed by atoms with Crippen molar-refractivity contribution in [1.82, 2.24) is 14.7 Å². The molecular formula is C23H27N3O2. The van der Waals surface area contributed by atoms with Gasteiger partial charge in [-0.25, -0.2) is 0 Å². The van der Waals surface area contributed by atoms with Crippen molar-refractivity contribution in [1.29, 1.82) is 0 Å². The Balaban J connectivity index is 1.86. The molecule has 0 spiro atoms. The third-order valence-electron chi connectivity index (χ3n) is 4.81. The predicted molar refractivity (Wildman–Crippen MR) is 111 cm³/mol. The molecule has 0 bridgehead atoms. The van der Waals surface area contributed by atoms with E-state index in [1.807, 2.05) is 34.8 Å². The van der Waals surface area contributed by atoms with E-state index in [1.165, 1.54) is 11.1 Å². The molecule has 1 heterocycles. The number of aromatic nitrogens is 2. The Labute approximate surface area is 166 Å². The first-order chi connectivity index (χ1) is 13.5. The fraction of sp³-hybridized carbons (Fsp3) is 0.304. The van der Waals surface area contributed by atoms with E-state index in [4.69, 9.17) is 10.2 Å². The fourth-order valence-electron chi connectivity index (χ4n) is 3.23. The number of nitrogens with zero attached hydrogens (tertiary/aromatic N) is 3. The number of carbonyl (C=O) groups is 1. The summed E-state index contributed by atoms with van der Waals surface area (Å²) >= 11 is 0. The van der Waals surface area contributed by atoms with Gasteiger partial charge in [0.25, 0.3) is 0 Å². The molecule has 0 saturated heterocycles. The molecule has 28 heavy (non-hydrogen) atoms. The van der Waals surface area contributed by atoms with Gasteiger partial charge < -0.3 is 10.0 Å². The lowest BCUT2D eigenvalue weighted by Gasteiger charge is -2.15. The summed E-state index contributed by atoms with van der Waals surface area (Å²) < 4.78 is 1.97. The van der Waals surface area contributed by atoms with Crippen molar-refractivity contribution in [3.63, 3.8) is 0 Å². The average Bonchev–Trinajstić information content (AvgIpc) is 3.09. The van der Waals surface area contributed by atoms with Crippen molar-refractivity contribution in [2.45, 2.75) is 32.9 Å². The highest BCUT2D eigenvalue weighted by molar-refractivity contribution is 5.67. The monoisotopic (exact) mass is 377 g/mol. The van der Waals surface area contributed by atoms with Crippen LogP contribution in [0.5, 0.6) is 0 Å². The van der Waals surface area contributed by atoms with Crippen LogP contribution in [0.15, 0.2) is 60.8 Å².